The molecule has 5 N–H and O–H groups in total. The van der Waals surface area contributed by atoms with Gasteiger partial charge < -0.3 is 25.7 Å². The average Bonchev–Trinajstić information content (AvgIpc) is 3.04. The van der Waals surface area contributed by atoms with Gasteiger partial charge in [-0.15, -0.1) is 0 Å². The van der Waals surface area contributed by atoms with E-state index in [0.29, 0.717) is 15.8 Å². The lowest BCUT2D eigenvalue weighted by atomic mass is 10.1. The highest BCUT2D eigenvalue weighted by atomic mass is 79.9. The summed E-state index contributed by atoms with van der Waals surface area (Å²) in [5, 5.41) is 8.88. The highest BCUT2D eigenvalue weighted by molar-refractivity contribution is 9.10. The van der Waals surface area contributed by atoms with Gasteiger partial charge >= 0.3 is 17.8 Å². The summed E-state index contributed by atoms with van der Waals surface area (Å²) in [7, 11) is 1.42. The van der Waals surface area contributed by atoms with Crippen LogP contribution in [0.5, 0.6) is 0 Å². The maximum absolute atomic E-state index is 11.9. The SMILES string of the molecule is CCc1[nH]c2nc(Sc3cc(=O)n(C)c(=O)[nH]3)nc(N3CC(N)C3)c2c1Br.O=C(O)C(F)(F)F. The van der Waals surface area contributed by atoms with Gasteiger partial charge in [0.05, 0.1) is 14.9 Å². The van der Waals surface area contributed by atoms with Gasteiger partial charge in [-0.25, -0.2) is 19.6 Å². The van der Waals surface area contributed by atoms with Crippen molar-refractivity contribution in [2.75, 3.05) is 18.0 Å². The highest BCUT2D eigenvalue weighted by Gasteiger charge is 2.38. The van der Waals surface area contributed by atoms with Crippen LogP contribution < -0.4 is 21.9 Å². The van der Waals surface area contributed by atoms with E-state index in [-0.39, 0.29) is 11.6 Å². The highest BCUT2D eigenvalue weighted by Crippen LogP contribution is 2.37. The predicted molar refractivity (Wildman–Crippen MR) is 121 cm³/mol. The fourth-order valence-electron chi connectivity index (χ4n) is 2.96. The molecule has 0 unspecified atom stereocenters. The molecule has 11 nitrogen and oxygen atoms in total. The van der Waals surface area contributed by atoms with Crippen LogP contribution in [0.15, 0.2) is 30.3 Å². The van der Waals surface area contributed by atoms with Gasteiger partial charge in [0.1, 0.15) is 11.5 Å². The van der Waals surface area contributed by atoms with Gasteiger partial charge in [0.25, 0.3) is 5.56 Å². The minimum atomic E-state index is -5.08. The molecule has 0 bridgehead atoms. The molecule has 0 amide bonds. The zero-order valence-corrected chi connectivity index (χ0v) is 20.1. The molecule has 1 aliphatic heterocycles. The number of hydrogen-bond donors (Lipinski definition) is 4. The summed E-state index contributed by atoms with van der Waals surface area (Å²) in [4.78, 5) is 49.9. The third kappa shape index (κ3) is 5.44. The topological polar surface area (TPSA) is 163 Å². The molecule has 4 heterocycles. The first kappa shape index (κ1) is 25.8. The molecule has 1 fully saturated rings. The molecule has 0 saturated carbocycles. The van der Waals surface area contributed by atoms with E-state index >= 15 is 0 Å². The second kappa shape index (κ2) is 9.79. The van der Waals surface area contributed by atoms with Crippen molar-refractivity contribution in [2.45, 2.75) is 35.7 Å². The summed E-state index contributed by atoms with van der Waals surface area (Å²) in [5.41, 5.74) is 6.83. The Labute approximate surface area is 201 Å². The number of carboxylic acid groups (broad SMARTS) is 1. The predicted octanol–water partition coefficient (Wildman–Crippen LogP) is 1.60. The van der Waals surface area contributed by atoms with E-state index in [4.69, 9.17) is 15.6 Å². The van der Waals surface area contributed by atoms with Crippen LogP contribution in [0.4, 0.5) is 19.0 Å². The van der Waals surface area contributed by atoms with E-state index in [1.807, 2.05) is 0 Å². The van der Waals surface area contributed by atoms with Crippen LogP contribution in [-0.4, -0.2) is 60.9 Å². The van der Waals surface area contributed by atoms with Crippen LogP contribution in [0.1, 0.15) is 12.6 Å². The number of carbonyl (C=O) groups is 1. The van der Waals surface area contributed by atoms with Crippen molar-refractivity contribution in [3.8, 4) is 0 Å². The molecule has 0 spiro atoms. The number of carboxylic acids is 1. The maximum atomic E-state index is 11.9. The number of hydrogen-bond acceptors (Lipinski definition) is 8. The van der Waals surface area contributed by atoms with Gasteiger partial charge in [-0.3, -0.25) is 9.36 Å². The summed E-state index contributed by atoms with van der Waals surface area (Å²) >= 11 is 4.80. The number of aliphatic carboxylic acids is 1. The van der Waals surface area contributed by atoms with E-state index < -0.39 is 17.8 Å². The van der Waals surface area contributed by atoms with Crippen molar-refractivity contribution in [3.05, 3.63) is 37.1 Å². The molecule has 34 heavy (non-hydrogen) atoms. The Balaban J connectivity index is 0.000000406. The van der Waals surface area contributed by atoms with Gasteiger partial charge in [0.2, 0.25) is 0 Å². The summed E-state index contributed by atoms with van der Waals surface area (Å²) < 4.78 is 33.7. The molecular formula is C18H19BrF3N7O4S. The maximum Gasteiger partial charge on any atom is 0.490 e. The minimum Gasteiger partial charge on any atom is -0.475 e. The Bertz CT molecular complexity index is 1320. The van der Waals surface area contributed by atoms with E-state index in [2.05, 4.69) is 47.7 Å². The van der Waals surface area contributed by atoms with Gasteiger partial charge in [0.15, 0.2) is 5.16 Å². The normalized spacial score (nSPS) is 14.0. The summed E-state index contributed by atoms with van der Waals surface area (Å²) in [6.07, 6.45) is -4.26. The molecule has 1 saturated heterocycles. The van der Waals surface area contributed by atoms with E-state index in [1.165, 1.54) is 13.1 Å². The fourth-order valence-corrected chi connectivity index (χ4v) is 4.47. The van der Waals surface area contributed by atoms with Gasteiger partial charge in [-0.1, -0.05) is 6.92 Å². The number of aryl methyl sites for hydroxylation is 1. The molecule has 0 atom stereocenters. The number of fused-ring (bicyclic) bond motifs is 1. The lowest BCUT2D eigenvalue weighted by molar-refractivity contribution is -0.192. The number of alkyl halides is 3. The van der Waals surface area contributed by atoms with Gasteiger partial charge in [0, 0.05) is 37.9 Å². The van der Waals surface area contributed by atoms with Crippen LogP contribution in [0.25, 0.3) is 11.0 Å². The summed E-state index contributed by atoms with van der Waals surface area (Å²) in [5.74, 6) is -1.97. The quantitative estimate of drug-likeness (QED) is 0.271. The lowest BCUT2D eigenvalue weighted by Gasteiger charge is -2.38. The van der Waals surface area contributed by atoms with Crippen molar-refractivity contribution in [2.24, 2.45) is 12.8 Å². The zero-order chi connectivity index (χ0) is 25.4. The van der Waals surface area contributed by atoms with Crippen molar-refractivity contribution in [3.63, 3.8) is 0 Å². The number of nitrogens with zero attached hydrogens (tertiary/aromatic N) is 4. The van der Waals surface area contributed by atoms with E-state index in [0.717, 1.165) is 57.2 Å². The Morgan fingerprint density at radius 3 is 2.44 bits per heavy atom. The molecule has 0 radical (unpaired) electrons. The van der Waals surface area contributed by atoms with Crippen molar-refractivity contribution >= 4 is 50.5 Å². The van der Waals surface area contributed by atoms with Gasteiger partial charge in [-0.2, -0.15) is 13.2 Å². The number of rotatable bonds is 4. The Morgan fingerprint density at radius 1 is 1.32 bits per heavy atom. The van der Waals surface area contributed by atoms with E-state index in [1.54, 1.807) is 0 Å². The standard InChI is InChI=1S/C16H18BrN7O2S.C2HF3O2/c1-3-8-12(17)11-13(19-8)21-15(22-14(11)24-5-7(18)6-24)27-9-4-10(25)23(2)16(26)20-9;3-2(4,5)1(6)7/h4,7H,3,5-6,18H2,1-2H3,(H,20,26)(H,19,21,22);(H,6,7). The number of aromatic nitrogens is 5. The summed E-state index contributed by atoms with van der Waals surface area (Å²) in [6.45, 7) is 3.50. The number of anilines is 1. The first-order valence-electron chi connectivity index (χ1n) is 9.68. The number of aromatic amines is 2. The van der Waals surface area contributed by atoms with Crippen molar-refractivity contribution in [1.29, 1.82) is 0 Å². The second-order valence-electron chi connectivity index (χ2n) is 7.23. The smallest absolute Gasteiger partial charge is 0.475 e. The van der Waals surface area contributed by atoms with Crippen molar-refractivity contribution in [1.82, 2.24) is 24.5 Å². The van der Waals surface area contributed by atoms with E-state index in [9.17, 15) is 22.8 Å². The Morgan fingerprint density at radius 2 is 1.94 bits per heavy atom. The molecule has 3 aromatic rings. The van der Waals surface area contributed by atoms with Gasteiger partial charge in [-0.05, 0) is 34.1 Å². The zero-order valence-electron chi connectivity index (χ0n) is 17.7. The lowest BCUT2D eigenvalue weighted by Crippen LogP contribution is -2.56. The van der Waals surface area contributed by atoms with Crippen LogP contribution in [0.3, 0.4) is 0 Å². The number of halogens is 4. The largest absolute Gasteiger partial charge is 0.490 e. The first-order chi connectivity index (χ1) is 15.8. The fraction of sp³-hybridized carbons (Fsp3) is 0.389. The van der Waals surface area contributed by atoms with Crippen LogP contribution in [-0.2, 0) is 18.3 Å². The second-order valence-corrected chi connectivity index (χ2v) is 9.03. The third-order valence-electron chi connectivity index (χ3n) is 4.75. The van der Waals surface area contributed by atoms with Crippen LogP contribution >= 0.6 is 27.7 Å². The Kier molecular flexibility index (Phi) is 7.42. The monoisotopic (exact) mass is 565 g/mol. The average molecular weight is 566 g/mol. The molecule has 184 valence electrons. The molecular weight excluding hydrogens is 547 g/mol. The molecule has 0 aromatic carbocycles. The molecule has 16 heteroatoms. The third-order valence-corrected chi connectivity index (χ3v) is 6.43. The van der Waals surface area contributed by atoms with Crippen molar-refractivity contribution < 1.29 is 23.1 Å². The summed E-state index contributed by atoms with van der Waals surface area (Å²) in [6, 6.07) is 1.49. The molecule has 3 aromatic heterocycles. The number of nitrogens with one attached hydrogen (secondary N) is 2. The minimum absolute atomic E-state index is 0.128. The van der Waals surface area contributed by atoms with Crippen LogP contribution in [0, 0.1) is 0 Å². The Hall–Kier alpha value is -2.85. The number of H-pyrrole nitrogens is 2. The first-order valence-corrected chi connectivity index (χ1v) is 11.3. The molecule has 1 aliphatic rings. The van der Waals surface area contributed by atoms with Crippen LogP contribution in [0.2, 0.25) is 0 Å². The molecule has 4 rings (SSSR count). The molecule has 0 aliphatic carbocycles. The number of nitrogens with two attached hydrogens (primary N) is 1.